The van der Waals surface area contributed by atoms with E-state index in [1.54, 1.807) is 0 Å². The van der Waals surface area contributed by atoms with Gasteiger partial charge in [0.1, 0.15) is 6.54 Å². The van der Waals surface area contributed by atoms with Gasteiger partial charge in [0.25, 0.3) is 5.56 Å². The van der Waals surface area contributed by atoms with Gasteiger partial charge in [-0.1, -0.05) is 36.4 Å². The van der Waals surface area contributed by atoms with Crippen LogP contribution in [0.4, 0.5) is 13.2 Å². The number of rotatable bonds is 4. The highest BCUT2D eigenvalue weighted by atomic mass is 19.4. The van der Waals surface area contributed by atoms with Crippen LogP contribution in [0.15, 0.2) is 65.6 Å². The average molecular weight is 360 g/mol. The van der Waals surface area contributed by atoms with Gasteiger partial charge in [-0.25, -0.2) is 0 Å². The Kier molecular flexibility index (Phi) is 4.79. The standard InChI is InChI=1S/C19H15F3N2O2/c20-19(21,22)16-7-8-18(26)24(11-16)12-17(25)23-10-13-5-6-14-3-1-2-4-15(14)9-13/h1-9,11H,10,12H2,(H,23,25). The van der Waals surface area contributed by atoms with Crippen LogP contribution in [-0.4, -0.2) is 10.5 Å². The molecule has 0 saturated carbocycles. The normalized spacial score (nSPS) is 11.5. The van der Waals surface area contributed by atoms with Crippen molar-refractivity contribution in [1.82, 2.24) is 9.88 Å². The molecule has 1 N–H and O–H groups in total. The Morgan fingerprint density at radius 3 is 2.46 bits per heavy atom. The van der Waals surface area contributed by atoms with Crippen LogP contribution in [0.3, 0.4) is 0 Å². The number of hydrogen-bond acceptors (Lipinski definition) is 2. The summed E-state index contributed by atoms with van der Waals surface area (Å²) in [5.74, 6) is -0.542. The molecular formula is C19H15F3N2O2. The number of nitrogens with zero attached hydrogens (tertiary/aromatic N) is 1. The molecule has 0 aliphatic rings. The highest BCUT2D eigenvalue weighted by molar-refractivity contribution is 5.83. The fourth-order valence-corrected chi connectivity index (χ4v) is 2.58. The lowest BCUT2D eigenvalue weighted by molar-refractivity contribution is -0.138. The molecule has 1 aromatic heterocycles. The van der Waals surface area contributed by atoms with E-state index in [4.69, 9.17) is 0 Å². The number of nitrogens with one attached hydrogen (secondary N) is 1. The smallest absolute Gasteiger partial charge is 0.350 e. The molecule has 1 amide bonds. The molecule has 0 fully saturated rings. The second-order valence-electron chi connectivity index (χ2n) is 5.84. The van der Waals surface area contributed by atoms with Crippen molar-refractivity contribution < 1.29 is 18.0 Å². The topological polar surface area (TPSA) is 51.1 Å². The van der Waals surface area contributed by atoms with Crippen LogP contribution in [0.5, 0.6) is 0 Å². The molecule has 0 unspecified atom stereocenters. The minimum absolute atomic E-state index is 0.220. The molecule has 0 atom stereocenters. The highest BCUT2D eigenvalue weighted by Gasteiger charge is 2.31. The molecule has 3 rings (SSSR count). The van der Waals surface area contributed by atoms with E-state index in [0.717, 1.165) is 27.0 Å². The summed E-state index contributed by atoms with van der Waals surface area (Å²) in [5.41, 5.74) is -0.785. The van der Waals surface area contributed by atoms with Crippen LogP contribution in [0.2, 0.25) is 0 Å². The monoisotopic (exact) mass is 360 g/mol. The first kappa shape index (κ1) is 17.7. The number of aromatic nitrogens is 1. The van der Waals surface area contributed by atoms with E-state index in [0.29, 0.717) is 12.3 Å². The molecule has 1 heterocycles. The molecule has 7 heteroatoms. The maximum atomic E-state index is 12.7. The Labute approximate surface area is 146 Å². The van der Waals surface area contributed by atoms with Crippen LogP contribution in [-0.2, 0) is 24.1 Å². The summed E-state index contributed by atoms with van der Waals surface area (Å²) in [5, 5.41) is 4.71. The van der Waals surface area contributed by atoms with Crippen molar-refractivity contribution in [3.8, 4) is 0 Å². The van der Waals surface area contributed by atoms with Gasteiger partial charge in [-0.2, -0.15) is 13.2 Å². The third-order valence-corrected chi connectivity index (χ3v) is 3.93. The molecule has 2 aromatic carbocycles. The zero-order valence-electron chi connectivity index (χ0n) is 13.6. The second-order valence-corrected chi connectivity index (χ2v) is 5.84. The van der Waals surface area contributed by atoms with E-state index in [1.807, 2.05) is 42.5 Å². The van der Waals surface area contributed by atoms with Crippen molar-refractivity contribution in [3.05, 3.63) is 82.3 Å². The summed E-state index contributed by atoms with van der Waals surface area (Å²) < 4.78 is 38.9. The van der Waals surface area contributed by atoms with Crippen LogP contribution in [0, 0.1) is 0 Å². The maximum Gasteiger partial charge on any atom is 0.417 e. The third-order valence-electron chi connectivity index (χ3n) is 3.93. The van der Waals surface area contributed by atoms with Gasteiger partial charge in [0.15, 0.2) is 0 Å². The van der Waals surface area contributed by atoms with Gasteiger partial charge in [-0.15, -0.1) is 0 Å². The molecule has 0 aliphatic carbocycles. The largest absolute Gasteiger partial charge is 0.417 e. The minimum atomic E-state index is -4.57. The summed E-state index contributed by atoms with van der Waals surface area (Å²) >= 11 is 0. The number of amides is 1. The number of benzene rings is 2. The van der Waals surface area contributed by atoms with Gasteiger partial charge in [-0.3, -0.25) is 9.59 Å². The van der Waals surface area contributed by atoms with Gasteiger partial charge >= 0.3 is 6.18 Å². The number of halogens is 3. The molecule has 3 aromatic rings. The van der Waals surface area contributed by atoms with E-state index < -0.39 is 29.8 Å². The predicted octanol–water partition coefficient (Wildman–Crippen LogP) is 3.34. The molecule has 26 heavy (non-hydrogen) atoms. The molecule has 0 saturated heterocycles. The summed E-state index contributed by atoms with van der Waals surface area (Å²) in [6.45, 7) is -0.256. The van der Waals surface area contributed by atoms with E-state index in [1.165, 1.54) is 0 Å². The Morgan fingerprint density at radius 1 is 1.00 bits per heavy atom. The summed E-state index contributed by atoms with van der Waals surface area (Å²) in [4.78, 5) is 23.7. The van der Waals surface area contributed by atoms with Crippen molar-refractivity contribution in [2.45, 2.75) is 19.3 Å². The predicted molar refractivity (Wildman–Crippen MR) is 91.5 cm³/mol. The van der Waals surface area contributed by atoms with Crippen molar-refractivity contribution in [1.29, 1.82) is 0 Å². The lowest BCUT2D eigenvalue weighted by atomic mass is 10.1. The van der Waals surface area contributed by atoms with Crippen molar-refractivity contribution in [2.24, 2.45) is 0 Å². The first-order valence-electron chi connectivity index (χ1n) is 7.85. The number of fused-ring (bicyclic) bond motifs is 1. The van der Waals surface area contributed by atoms with Crippen LogP contribution < -0.4 is 10.9 Å². The Bertz CT molecular complexity index is 1010. The summed E-state index contributed by atoms with van der Waals surface area (Å²) in [6.07, 6.45) is -3.92. The van der Waals surface area contributed by atoms with Crippen LogP contribution in [0.1, 0.15) is 11.1 Å². The van der Waals surface area contributed by atoms with Crippen LogP contribution >= 0.6 is 0 Å². The molecular weight excluding hydrogens is 345 g/mol. The quantitative estimate of drug-likeness (QED) is 0.776. The van der Waals surface area contributed by atoms with E-state index in [-0.39, 0.29) is 6.54 Å². The fourth-order valence-electron chi connectivity index (χ4n) is 2.58. The zero-order chi connectivity index (χ0) is 18.7. The fraction of sp³-hybridized carbons (Fsp3) is 0.158. The second kappa shape index (κ2) is 7.03. The molecule has 134 valence electrons. The number of carbonyl (C=O) groups is 1. The van der Waals surface area contributed by atoms with Crippen LogP contribution in [0.25, 0.3) is 10.8 Å². The first-order valence-corrected chi connectivity index (χ1v) is 7.85. The molecule has 0 aliphatic heterocycles. The van der Waals surface area contributed by atoms with Crippen molar-refractivity contribution in [3.63, 3.8) is 0 Å². The lowest BCUT2D eigenvalue weighted by Crippen LogP contribution is -2.32. The molecule has 0 spiro atoms. The van der Waals surface area contributed by atoms with Gasteiger partial charge in [0.2, 0.25) is 5.91 Å². The van der Waals surface area contributed by atoms with Gasteiger partial charge in [0, 0.05) is 18.8 Å². The lowest BCUT2D eigenvalue weighted by Gasteiger charge is -2.11. The van der Waals surface area contributed by atoms with E-state index in [9.17, 15) is 22.8 Å². The SMILES string of the molecule is O=C(Cn1cc(C(F)(F)F)ccc1=O)NCc1ccc2ccccc2c1. The van der Waals surface area contributed by atoms with Gasteiger partial charge in [0.05, 0.1) is 5.56 Å². The zero-order valence-corrected chi connectivity index (χ0v) is 13.6. The van der Waals surface area contributed by atoms with Crippen molar-refractivity contribution >= 4 is 16.7 Å². The maximum absolute atomic E-state index is 12.7. The third kappa shape index (κ3) is 4.11. The van der Waals surface area contributed by atoms with Gasteiger partial charge in [-0.05, 0) is 28.5 Å². The molecule has 0 bridgehead atoms. The number of hydrogen-bond donors (Lipinski definition) is 1. The average Bonchev–Trinajstić information content (AvgIpc) is 2.60. The summed E-state index contributed by atoms with van der Waals surface area (Å²) in [7, 11) is 0. The number of alkyl halides is 3. The van der Waals surface area contributed by atoms with Gasteiger partial charge < -0.3 is 9.88 Å². The minimum Gasteiger partial charge on any atom is -0.350 e. The Hall–Kier alpha value is -3.09. The van der Waals surface area contributed by atoms with Crippen molar-refractivity contribution in [2.75, 3.05) is 0 Å². The van der Waals surface area contributed by atoms with E-state index >= 15 is 0 Å². The van der Waals surface area contributed by atoms with E-state index in [2.05, 4.69) is 5.32 Å². The molecule has 4 nitrogen and oxygen atoms in total. The highest BCUT2D eigenvalue weighted by Crippen LogP contribution is 2.27. The Balaban J connectivity index is 1.68. The number of pyridine rings is 1. The summed E-state index contributed by atoms with van der Waals surface area (Å²) in [6, 6.07) is 15.0. The number of carbonyl (C=O) groups excluding carboxylic acids is 1. The Morgan fingerprint density at radius 2 is 1.73 bits per heavy atom. The molecule has 0 radical (unpaired) electrons. The first-order chi connectivity index (χ1) is 12.3.